The van der Waals surface area contributed by atoms with E-state index in [9.17, 15) is 5.11 Å². The molecule has 0 unspecified atom stereocenters. The summed E-state index contributed by atoms with van der Waals surface area (Å²) in [6.45, 7) is 10.1. The Balaban J connectivity index is 1.66. The van der Waals surface area contributed by atoms with E-state index in [2.05, 4.69) is 59.7 Å². The third-order valence-corrected chi connectivity index (χ3v) is 5.58. The smallest absolute Gasteiger partial charge is 0.0682 e. The van der Waals surface area contributed by atoms with Crippen LogP contribution in [0.25, 0.3) is 0 Å². The highest BCUT2D eigenvalue weighted by atomic mass is 16.3. The first-order valence-corrected chi connectivity index (χ1v) is 9.16. The van der Waals surface area contributed by atoms with Gasteiger partial charge in [0.15, 0.2) is 0 Å². The molecular weight excluding hydrogens is 310 g/mol. The van der Waals surface area contributed by atoms with Crippen LogP contribution in [0.15, 0.2) is 36.4 Å². The summed E-state index contributed by atoms with van der Waals surface area (Å²) in [5.74, 6) is 0. The van der Waals surface area contributed by atoms with Gasteiger partial charge < -0.3 is 15.7 Å². The van der Waals surface area contributed by atoms with Crippen molar-refractivity contribution in [1.29, 1.82) is 0 Å². The van der Waals surface area contributed by atoms with Gasteiger partial charge in [0, 0.05) is 49.5 Å². The van der Waals surface area contributed by atoms with Gasteiger partial charge in [0.2, 0.25) is 0 Å². The average molecular weight is 337 g/mol. The third-order valence-electron chi connectivity index (χ3n) is 5.58. The van der Waals surface area contributed by atoms with Crippen LogP contribution in [0, 0.1) is 0 Å². The molecule has 4 rings (SSSR count). The predicted molar refractivity (Wildman–Crippen MR) is 102 cm³/mol. The molecule has 1 saturated heterocycles. The Hall–Kier alpha value is -1.88. The molecule has 2 heterocycles. The Kier molecular flexibility index (Phi) is 4.28. The number of nitrogens with one attached hydrogen (secondary N) is 2. The van der Waals surface area contributed by atoms with Gasteiger partial charge in [-0.15, -0.1) is 0 Å². The second-order valence-electron chi connectivity index (χ2n) is 7.69. The van der Waals surface area contributed by atoms with Crippen LogP contribution >= 0.6 is 0 Å². The third kappa shape index (κ3) is 3.06. The molecule has 4 nitrogen and oxygen atoms in total. The minimum Gasteiger partial charge on any atom is -0.392 e. The molecule has 25 heavy (non-hydrogen) atoms. The van der Waals surface area contributed by atoms with E-state index in [0.717, 1.165) is 44.0 Å². The zero-order valence-electron chi connectivity index (χ0n) is 15.1. The number of nitrogens with zero attached hydrogens (tertiary/aromatic N) is 1. The summed E-state index contributed by atoms with van der Waals surface area (Å²) in [6, 6.07) is 13.1. The minimum absolute atomic E-state index is 0.0522. The lowest BCUT2D eigenvalue weighted by atomic mass is 9.73. The van der Waals surface area contributed by atoms with Crippen LogP contribution in [0.5, 0.6) is 0 Å². The van der Waals surface area contributed by atoms with Gasteiger partial charge in [0.05, 0.1) is 6.61 Å². The number of benzene rings is 2. The summed E-state index contributed by atoms with van der Waals surface area (Å²) >= 11 is 0. The summed E-state index contributed by atoms with van der Waals surface area (Å²) < 4.78 is 0. The normalized spacial score (nSPS) is 19.0. The lowest BCUT2D eigenvalue weighted by molar-refractivity contribution is 0.233. The molecule has 132 valence electrons. The van der Waals surface area contributed by atoms with Gasteiger partial charge in [-0.3, -0.25) is 4.90 Å². The SMILES string of the molecule is CC1(C)c2ccc(CO)cc2Nc2ccc(CN3CCNCC3)cc21. The molecule has 2 aromatic rings. The van der Waals surface area contributed by atoms with Crippen LogP contribution in [0.4, 0.5) is 11.4 Å². The van der Waals surface area contributed by atoms with E-state index >= 15 is 0 Å². The molecule has 3 N–H and O–H groups in total. The fraction of sp³-hybridized carbons (Fsp3) is 0.429. The van der Waals surface area contributed by atoms with Crippen LogP contribution in [-0.4, -0.2) is 36.2 Å². The summed E-state index contributed by atoms with van der Waals surface area (Å²) in [6.07, 6.45) is 0. The molecule has 0 aliphatic carbocycles. The van der Waals surface area contributed by atoms with Crippen molar-refractivity contribution < 1.29 is 5.11 Å². The number of hydrogen-bond acceptors (Lipinski definition) is 4. The summed E-state index contributed by atoms with van der Waals surface area (Å²) in [4.78, 5) is 2.52. The molecule has 1 fully saturated rings. The molecule has 0 saturated carbocycles. The van der Waals surface area contributed by atoms with Crippen molar-refractivity contribution >= 4 is 11.4 Å². The Morgan fingerprint density at radius 2 is 1.72 bits per heavy atom. The topological polar surface area (TPSA) is 47.5 Å². The maximum atomic E-state index is 9.42. The fourth-order valence-electron chi connectivity index (χ4n) is 4.07. The van der Waals surface area contributed by atoms with E-state index < -0.39 is 0 Å². The molecular formula is C21H27N3O. The van der Waals surface area contributed by atoms with Gasteiger partial charge >= 0.3 is 0 Å². The van der Waals surface area contributed by atoms with E-state index in [-0.39, 0.29) is 12.0 Å². The first kappa shape index (κ1) is 16.6. The van der Waals surface area contributed by atoms with Crippen molar-refractivity contribution in [2.75, 3.05) is 31.5 Å². The highest BCUT2D eigenvalue weighted by Gasteiger charge is 2.32. The summed E-state index contributed by atoms with van der Waals surface area (Å²) in [5, 5.41) is 16.4. The van der Waals surface area contributed by atoms with Crippen LogP contribution in [0.1, 0.15) is 36.1 Å². The first-order chi connectivity index (χ1) is 12.1. The molecule has 0 atom stereocenters. The molecule has 4 heteroatoms. The highest BCUT2D eigenvalue weighted by Crippen LogP contribution is 2.45. The number of aliphatic hydroxyl groups is 1. The van der Waals surface area contributed by atoms with E-state index in [1.54, 1.807) is 0 Å². The maximum Gasteiger partial charge on any atom is 0.0682 e. The van der Waals surface area contributed by atoms with Crippen LogP contribution < -0.4 is 10.6 Å². The quantitative estimate of drug-likeness (QED) is 0.806. The van der Waals surface area contributed by atoms with Crippen molar-refractivity contribution in [3.8, 4) is 0 Å². The number of rotatable bonds is 3. The lowest BCUT2D eigenvalue weighted by Gasteiger charge is -2.36. The van der Waals surface area contributed by atoms with Gasteiger partial charge in [0.1, 0.15) is 0 Å². The van der Waals surface area contributed by atoms with Gasteiger partial charge in [-0.2, -0.15) is 0 Å². The predicted octanol–water partition coefficient (Wildman–Crippen LogP) is 2.97. The molecule has 0 spiro atoms. The number of piperazine rings is 1. The van der Waals surface area contributed by atoms with Gasteiger partial charge in [-0.1, -0.05) is 38.1 Å². The van der Waals surface area contributed by atoms with Crippen molar-refractivity contribution in [1.82, 2.24) is 10.2 Å². The van der Waals surface area contributed by atoms with Crippen LogP contribution in [-0.2, 0) is 18.6 Å². The number of fused-ring (bicyclic) bond motifs is 2. The average Bonchev–Trinajstić information content (AvgIpc) is 2.63. The standard InChI is InChI=1S/C21H27N3O/c1-21(2)17-5-3-16(14-25)12-20(17)23-19-6-4-15(11-18(19)21)13-24-9-7-22-8-10-24/h3-6,11-12,22-23,25H,7-10,13-14H2,1-2H3. The van der Waals surface area contributed by atoms with Crippen molar-refractivity contribution in [2.24, 2.45) is 0 Å². The van der Waals surface area contributed by atoms with Crippen molar-refractivity contribution in [3.63, 3.8) is 0 Å². The zero-order chi connectivity index (χ0) is 17.4. The Labute approximate surface area is 149 Å². The second kappa shape index (κ2) is 6.45. The summed E-state index contributed by atoms with van der Waals surface area (Å²) in [5.41, 5.74) is 7.20. The Morgan fingerprint density at radius 1 is 0.960 bits per heavy atom. The van der Waals surface area contributed by atoms with Crippen LogP contribution in [0.2, 0.25) is 0 Å². The molecule has 2 aliphatic heterocycles. The number of hydrogen-bond donors (Lipinski definition) is 3. The minimum atomic E-state index is -0.0522. The lowest BCUT2D eigenvalue weighted by Crippen LogP contribution is -2.42. The zero-order valence-corrected chi connectivity index (χ0v) is 15.1. The van der Waals surface area contributed by atoms with Crippen molar-refractivity contribution in [3.05, 3.63) is 58.7 Å². The van der Waals surface area contributed by atoms with Crippen molar-refractivity contribution in [2.45, 2.75) is 32.4 Å². The number of aliphatic hydroxyl groups excluding tert-OH is 1. The Morgan fingerprint density at radius 3 is 2.48 bits per heavy atom. The second-order valence-corrected chi connectivity index (χ2v) is 7.69. The van der Waals surface area contributed by atoms with E-state index in [4.69, 9.17) is 0 Å². The number of anilines is 2. The van der Waals surface area contributed by atoms with E-state index in [0.29, 0.717) is 0 Å². The van der Waals surface area contributed by atoms with Gasteiger partial charge in [-0.05, 0) is 34.4 Å². The highest BCUT2D eigenvalue weighted by molar-refractivity contribution is 5.76. The first-order valence-electron chi connectivity index (χ1n) is 9.16. The van der Waals surface area contributed by atoms with E-state index in [1.165, 1.54) is 22.4 Å². The molecule has 0 amide bonds. The van der Waals surface area contributed by atoms with Gasteiger partial charge in [0.25, 0.3) is 0 Å². The molecule has 2 aliphatic rings. The largest absolute Gasteiger partial charge is 0.392 e. The molecule has 2 aromatic carbocycles. The molecule has 0 bridgehead atoms. The Bertz CT molecular complexity index is 779. The van der Waals surface area contributed by atoms with E-state index in [1.807, 2.05) is 6.07 Å². The maximum absolute atomic E-state index is 9.42. The van der Waals surface area contributed by atoms with Gasteiger partial charge in [-0.25, -0.2) is 0 Å². The van der Waals surface area contributed by atoms with Crippen LogP contribution in [0.3, 0.4) is 0 Å². The summed E-state index contributed by atoms with van der Waals surface area (Å²) in [7, 11) is 0. The molecule has 0 radical (unpaired) electrons. The fourth-order valence-corrected chi connectivity index (χ4v) is 4.07. The molecule has 0 aromatic heterocycles. The monoisotopic (exact) mass is 337 g/mol.